The van der Waals surface area contributed by atoms with Gasteiger partial charge in [0.25, 0.3) is 5.91 Å². The number of carbonyl (C=O) groups is 1. The van der Waals surface area contributed by atoms with Gasteiger partial charge in [0.05, 0.1) is 11.8 Å². The third-order valence-electron chi connectivity index (χ3n) is 5.45. The normalized spacial score (nSPS) is 17.8. The Bertz CT molecular complexity index is 914. The summed E-state index contributed by atoms with van der Waals surface area (Å²) >= 11 is 0. The number of rotatable bonds is 7. The zero-order chi connectivity index (χ0) is 20.9. The number of benzene rings is 1. The summed E-state index contributed by atoms with van der Waals surface area (Å²) in [7, 11) is -1.37. The van der Waals surface area contributed by atoms with E-state index in [0.717, 1.165) is 31.4 Å². The summed E-state index contributed by atoms with van der Waals surface area (Å²) < 4.78 is 25.1. The number of hydrogen-bond acceptors (Lipinski definition) is 4. The van der Waals surface area contributed by atoms with E-state index in [-0.39, 0.29) is 11.8 Å². The maximum absolute atomic E-state index is 12.7. The molecule has 0 aliphatic carbocycles. The van der Waals surface area contributed by atoms with Crippen LogP contribution in [0.15, 0.2) is 48.7 Å². The molecule has 3 rings (SSSR count). The first kappa shape index (κ1) is 21.5. The van der Waals surface area contributed by atoms with Crippen LogP contribution in [-0.2, 0) is 16.4 Å². The van der Waals surface area contributed by atoms with E-state index in [2.05, 4.69) is 17.1 Å². The second kappa shape index (κ2) is 9.50. The molecule has 0 saturated carbocycles. The topological polar surface area (TPSA) is 70.6 Å². The van der Waals surface area contributed by atoms with Gasteiger partial charge >= 0.3 is 0 Å². The van der Waals surface area contributed by atoms with Gasteiger partial charge in [-0.2, -0.15) is 0 Å². The molecule has 6 nitrogen and oxygen atoms in total. The predicted molar refractivity (Wildman–Crippen MR) is 114 cm³/mol. The molecule has 1 atom stereocenters. The molecule has 1 unspecified atom stereocenters. The minimum atomic E-state index is -3.18. The molecule has 0 N–H and O–H groups in total. The number of nitrogens with zero attached hydrogens (tertiary/aromatic N) is 3. The lowest BCUT2D eigenvalue weighted by atomic mass is 9.95. The molecule has 0 spiro atoms. The molecule has 1 amide bonds. The Morgan fingerprint density at radius 1 is 1.21 bits per heavy atom. The first-order valence-electron chi connectivity index (χ1n) is 10.0. The minimum absolute atomic E-state index is 0.0430. The Balaban J connectivity index is 1.55. The van der Waals surface area contributed by atoms with Crippen LogP contribution in [0.3, 0.4) is 0 Å². The van der Waals surface area contributed by atoms with Gasteiger partial charge in [-0.1, -0.05) is 30.3 Å². The minimum Gasteiger partial charge on any atom is -0.342 e. The highest BCUT2D eigenvalue weighted by Gasteiger charge is 2.27. The fourth-order valence-electron chi connectivity index (χ4n) is 3.75. The standard InChI is InChI=1S/C22H29N3O3S/c1-24(14-6-10-18-8-4-3-5-9-18)22(26)19-12-13-21(23-16-19)20-11-7-15-25(17-20)29(2,27)28/h3-5,8-9,12-13,16,20H,6-7,10-11,14-15,17H2,1-2H3. The lowest BCUT2D eigenvalue weighted by Crippen LogP contribution is -2.38. The highest BCUT2D eigenvalue weighted by atomic mass is 32.2. The molecule has 7 heteroatoms. The van der Waals surface area contributed by atoms with E-state index in [1.54, 1.807) is 17.2 Å². The second-order valence-electron chi connectivity index (χ2n) is 7.75. The first-order valence-corrected chi connectivity index (χ1v) is 11.9. The van der Waals surface area contributed by atoms with E-state index in [4.69, 9.17) is 0 Å². The number of hydrogen-bond donors (Lipinski definition) is 0. The van der Waals surface area contributed by atoms with Gasteiger partial charge < -0.3 is 4.90 Å². The van der Waals surface area contributed by atoms with Crippen LogP contribution >= 0.6 is 0 Å². The van der Waals surface area contributed by atoms with Crippen LogP contribution in [0.4, 0.5) is 0 Å². The smallest absolute Gasteiger partial charge is 0.255 e. The van der Waals surface area contributed by atoms with Crippen molar-refractivity contribution in [3.8, 4) is 0 Å². The number of aromatic nitrogens is 1. The Labute approximate surface area is 173 Å². The van der Waals surface area contributed by atoms with Crippen molar-refractivity contribution in [1.29, 1.82) is 0 Å². The average molecular weight is 416 g/mol. The average Bonchev–Trinajstić information content (AvgIpc) is 2.73. The number of piperidine rings is 1. The number of amides is 1. The predicted octanol–water partition coefficient (Wildman–Crippen LogP) is 2.93. The van der Waals surface area contributed by atoms with Gasteiger partial charge in [-0.15, -0.1) is 0 Å². The van der Waals surface area contributed by atoms with E-state index in [0.29, 0.717) is 25.2 Å². The molecule has 1 aliphatic heterocycles. The summed E-state index contributed by atoms with van der Waals surface area (Å²) in [5.74, 6) is 0.0322. The maximum atomic E-state index is 12.7. The number of carbonyl (C=O) groups excluding carboxylic acids is 1. The van der Waals surface area contributed by atoms with Crippen molar-refractivity contribution in [3.63, 3.8) is 0 Å². The Morgan fingerprint density at radius 3 is 2.62 bits per heavy atom. The maximum Gasteiger partial charge on any atom is 0.255 e. The van der Waals surface area contributed by atoms with E-state index in [1.165, 1.54) is 16.1 Å². The van der Waals surface area contributed by atoms with Crippen molar-refractivity contribution in [2.75, 3.05) is 32.9 Å². The summed E-state index contributed by atoms with van der Waals surface area (Å²) in [4.78, 5) is 18.9. The molecule has 1 saturated heterocycles. The Hall–Kier alpha value is -2.25. The number of sulfonamides is 1. The third kappa shape index (κ3) is 5.87. The highest BCUT2D eigenvalue weighted by molar-refractivity contribution is 7.88. The van der Waals surface area contributed by atoms with Gasteiger partial charge in [-0.05, 0) is 43.4 Å². The third-order valence-corrected chi connectivity index (χ3v) is 6.72. The fraction of sp³-hybridized carbons (Fsp3) is 0.455. The van der Waals surface area contributed by atoms with Crippen molar-refractivity contribution in [2.45, 2.75) is 31.6 Å². The molecule has 1 aromatic carbocycles. The Morgan fingerprint density at radius 2 is 1.97 bits per heavy atom. The van der Waals surface area contributed by atoms with E-state index < -0.39 is 10.0 Å². The zero-order valence-corrected chi connectivity index (χ0v) is 17.9. The van der Waals surface area contributed by atoms with Gasteiger partial charge in [0.2, 0.25) is 10.0 Å². The van der Waals surface area contributed by atoms with Gasteiger partial charge in [0.1, 0.15) is 0 Å². The van der Waals surface area contributed by atoms with Crippen molar-refractivity contribution < 1.29 is 13.2 Å². The summed E-state index contributed by atoms with van der Waals surface area (Å²) in [5, 5.41) is 0. The highest BCUT2D eigenvalue weighted by Crippen LogP contribution is 2.27. The number of aryl methyl sites for hydroxylation is 1. The molecule has 2 heterocycles. The second-order valence-corrected chi connectivity index (χ2v) is 9.73. The van der Waals surface area contributed by atoms with Crippen molar-refractivity contribution in [3.05, 3.63) is 65.5 Å². The summed E-state index contributed by atoms with van der Waals surface area (Å²) in [6, 6.07) is 13.9. The van der Waals surface area contributed by atoms with Crippen LogP contribution in [-0.4, -0.2) is 61.5 Å². The van der Waals surface area contributed by atoms with Gasteiger partial charge in [-0.3, -0.25) is 9.78 Å². The van der Waals surface area contributed by atoms with Crippen LogP contribution in [0.5, 0.6) is 0 Å². The van der Waals surface area contributed by atoms with Crippen molar-refractivity contribution in [1.82, 2.24) is 14.2 Å². The zero-order valence-electron chi connectivity index (χ0n) is 17.1. The van der Waals surface area contributed by atoms with Crippen LogP contribution in [0.2, 0.25) is 0 Å². The lowest BCUT2D eigenvalue weighted by molar-refractivity contribution is 0.0793. The monoisotopic (exact) mass is 415 g/mol. The Kier molecular flexibility index (Phi) is 7.03. The van der Waals surface area contributed by atoms with E-state index in [9.17, 15) is 13.2 Å². The molecule has 0 radical (unpaired) electrons. The van der Waals surface area contributed by atoms with Gasteiger partial charge in [-0.25, -0.2) is 12.7 Å². The van der Waals surface area contributed by atoms with Crippen LogP contribution in [0, 0.1) is 0 Å². The largest absolute Gasteiger partial charge is 0.342 e. The fourth-order valence-corrected chi connectivity index (χ4v) is 4.66. The molecule has 1 aliphatic rings. The van der Waals surface area contributed by atoms with Crippen molar-refractivity contribution in [2.24, 2.45) is 0 Å². The summed E-state index contributed by atoms with van der Waals surface area (Å²) in [6.45, 7) is 1.71. The molecule has 1 fully saturated rings. The van der Waals surface area contributed by atoms with Crippen LogP contribution in [0.25, 0.3) is 0 Å². The van der Waals surface area contributed by atoms with Gasteiger partial charge in [0, 0.05) is 44.5 Å². The summed E-state index contributed by atoms with van der Waals surface area (Å²) in [5.41, 5.74) is 2.68. The van der Waals surface area contributed by atoms with Crippen LogP contribution < -0.4 is 0 Å². The van der Waals surface area contributed by atoms with Gasteiger partial charge in [0.15, 0.2) is 0 Å². The van der Waals surface area contributed by atoms with E-state index >= 15 is 0 Å². The molecule has 0 bridgehead atoms. The quantitative estimate of drug-likeness (QED) is 0.697. The molecule has 1 aromatic heterocycles. The summed E-state index contributed by atoms with van der Waals surface area (Å²) in [6.07, 6.45) is 6.44. The molecule has 29 heavy (non-hydrogen) atoms. The SMILES string of the molecule is CN(CCCc1ccccc1)C(=O)c1ccc(C2CCCN(S(C)(=O)=O)C2)nc1. The van der Waals surface area contributed by atoms with E-state index in [1.807, 2.05) is 31.3 Å². The molecule has 156 valence electrons. The number of pyridine rings is 1. The van der Waals surface area contributed by atoms with Crippen LogP contribution in [0.1, 0.15) is 46.8 Å². The van der Waals surface area contributed by atoms with Crippen molar-refractivity contribution >= 4 is 15.9 Å². The molecular weight excluding hydrogens is 386 g/mol. The molecule has 2 aromatic rings. The first-order chi connectivity index (χ1) is 13.8. The molecular formula is C22H29N3O3S. The lowest BCUT2D eigenvalue weighted by Gasteiger charge is -2.30.